The number of amides is 2. The molecule has 0 saturated carbocycles. The predicted molar refractivity (Wildman–Crippen MR) is 150 cm³/mol. The average molecular weight is 624 g/mol. The molecule has 1 heterocycles. The number of alkyl halides is 3. The van der Waals surface area contributed by atoms with E-state index in [9.17, 15) is 35.6 Å². The molecule has 0 fully saturated rings. The normalized spacial score (nSPS) is 16.0. The van der Waals surface area contributed by atoms with E-state index in [0.717, 1.165) is 28.6 Å². The summed E-state index contributed by atoms with van der Waals surface area (Å²) < 4.78 is 94.7. The Bertz CT molecular complexity index is 1580. The Morgan fingerprint density at radius 3 is 2.30 bits per heavy atom. The number of ether oxygens (including phenoxy) is 2. The van der Waals surface area contributed by atoms with Gasteiger partial charge in [-0.05, 0) is 48.0 Å². The van der Waals surface area contributed by atoms with Crippen molar-refractivity contribution in [3.05, 3.63) is 84.2 Å². The number of carbonyl (C=O) groups excluding carboxylic acids is 2. The lowest BCUT2D eigenvalue weighted by molar-refractivity contribution is -0.219. The molecule has 2 unspecified atom stereocenters. The predicted octanol–water partition coefficient (Wildman–Crippen LogP) is 5.38. The molecule has 14 heteroatoms. The molecular formula is C29H29F4N3O6S. The Morgan fingerprint density at radius 2 is 1.70 bits per heavy atom. The van der Waals surface area contributed by atoms with Gasteiger partial charge in [0.25, 0.3) is 10.0 Å². The monoisotopic (exact) mass is 623 g/mol. The first-order chi connectivity index (χ1) is 20.1. The topological polar surface area (TPSA) is 114 Å². The summed E-state index contributed by atoms with van der Waals surface area (Å²) in [6.07, 6.45) is -9.67. The summed E-state index contributed by atoms with van der Waals surface area (Å²) in [6, 6.07) is 15.7. The molecule has 0 saturated heterocycles. The summed E-state index contributed by atoms with van der Waals surface area (Å²) in [5.74, 6) is -0.958. The molecule has 230 valence electrons. The molecule has 3 aromatic rings. The zero-order chi connectivity index (χ0) is 31.6. The van der Waals surface area contributed by atoms with Crippen molar-refractivity contribution in [1.29, 1.82) is 0 Å². The molecule has 0 aromatic heterocycles. The summed E-state index contributed by atoms with van der Waals surface area (Å²) in [6.45, 7) is 3.58. The second kappa shape index (κ2) is 12.1. The van der Waals surface area contributed by atoms with Crippen molar-refractivity contribution in [3.8, 4) is 5.75 Å². The van der Waals surface area contributed by atoms with E-state index in [1.54, 1.807) is 18.2 Å². The van der Waals surface area contributed by atoms with Crippen LogP contribution in [-0.4, -0.2) is 51.9 Å². The van der Waals surface area contributed by atoms with Crippen molar-refractivity contribution in [1.82, 2.24) is 5.32 Å². The zero-order valence-electron chi connectivity index (χ0n) is 23.3. The number of benzene rings is 3. The fourth-order valence-corrected chi connectivity index (χ4v) is 6.11. The van der Waals surface area contributed by atoms with Crippen LogP contribution in [-0.2, 0) is 25.0 Å². The van der Waals surface area contributed by atoms with Crippen LogP contribution in [0.25, 0.3) is 0 Å². The van der Waals surface area contributed by atoms with E-state index < -0.39 is 45.7 Å². The number of anilines is 2. The Balaban J connectivity index is 1.63. The second-order valence-corrected chi connectivity index (χ2v) is 12.3. The van der Waals surface area contributed by atoms with Gasteiger partial charge in [0.2, 0.25) is 12.0 Å². The van der Waals surface area contributed by atoms with Crippen molar-refractivity contribution in [2.75, 3.05) is 22.7 Å². The fourth-order valence-electron chi connectivity index (χ4n) is 4.61. The number of hydrogen-bond acceptors (Lipinski definition) is 6. The van der Waals surface area contributed by atoms with Crippen LogP contribution >= 0.6 is 0 Å². The van der Waals surface area contributed by atoms with E-state index in [1.165, 1.54) is 51.1 Å². The van der Waals surface area contributed by atoms with Gasteiger partial charge in [-0.15, -0.1) is 0 Å². The van der Waals surface area contributed by atoms with Gasteiger partial charge in [-0.2, -0.15) is 13.2 Å². The maximum absolute atomic E-state index is 14.1. The van der Waals surface area contributed by atoms with Gasteiger partial charge in [0, 0.05) is 18.0 Å². The largest absolute Gasteiger partial charge is 0.484 e. The molecule has 4 rings (SSSR count). The molecule has 3 aromatic carbocycles. The number of nitrogens with zero attached hydrogens (tertiary/aromatic N) is 1. The zero-order valence-corrected chi connectivity index (χ0v) is 24.1. The minimum absolute atomic E-state index is 0.0351. The van der Waals surface area contributed by atoms with Crippen molar-refractivity contribution in [3.63, 3.8) is 0 Å². The Kier molecular flexibility index (Phi) is 8.90. The highest BCUT2D eigenvalue weighted by Crippen LogP contribution is 2.41. The van der Waals surface area contributed by atoms with Crippen LogP contribution in [0.3, 0.4) is 0 Å². The molecule has 0 bridgehead atoms. The number of fused-ring (bicyclic) bond motifs is 1. The summed E-state index contributed by atoms with van der Waals surface area (Å²) in [7, 11) is -4.32. The molecule has 1 aliphatic rings. The van der Waals surface area contributed by atoms with E-state index >= 15 is 0 Å². The molecule has 2 atom stereocenters. The van der Waals surface area contributed by atoms with E-state index in [2.05, 4.69) is 10.6 Å². The molecule has 2 amide bonds. The summed E-state index contributed by atoms with van der Waals surface area (Å²) >= 11 is 0. The quantitative estimate of drug-likeness (QED) is 0.326. The highest BCUT2D eigenvalue weighted by atomic mass is 32.2. The van der Waals surface area contributed by atoms with Crippen molar-refractivity contribution in [2.24, 2.45) is 0 Å². The molecule has 1 aliphatic heterocycles. The van der Waals surface area contributed by atoms with Gasteiger partial charge < -0.3 is 14.8 Å². The molecule has 0 spiro atoms. The fraction of sp³-hybridized carbons (Fsp3) is 0.310. The van der Waals surface area contributed by atoms with Gasteiger partial charge in [0.15, 0.2) is 0 Å². The summed E-state index contributed by atoms with van der Waals surface area (Å²) in [4.78, 5) is 24.0. The second-order valence-electron chi connectivity index (χ2n) is 10.4. The van der Waals surface area contributed by atoms with Crippen LogP contribution in [0.2, 0.25) is 0 Å². The highest BCUT2D eigenvalue weighted by molar-refractivity contribution is 7.92. The minimum atomic E-state index is -4.91. The van der Waals surface area contributed by atoms with Crippen LogP contribution in [0.1, 0.15) is 26.3 Å². The maximum atomic E-state index is 14.1. The molecular weight excluding hydrogens is 594 g/mol. The lowest BCUT2D eigenvalue weighted by atomic mass is 9.79. The maximum Gasteiger partial charge on any atom is 0.426 e. The van der Waals surface area contributed by atoms with E-state index in [-0.39, 0.29) is 41.0 Å². The minimum Gasteiger partial charge on any atom is -0.484 e. The number of halogens is 4. The molecule has 43 heavy (non-hydrogen) atoms. The number of nitrogens with one attached hydrogen (secondary N) is 2. The smallest absolute Gasteiger partial charge is 0.426 e. The van der Waals surface area contributed by atoms with E-state index in [1.807, 2.05) is 0 Å². The van der Waals surface area contributed by atoms with Gasteiger partial charge in [-0.25, -0.2) is 17.6 Å². The van der Waals surface area contributed by atoms with Gasteiger partial charge in [-0.3, -0.25) is 14.4 Å². The first kappa shape index (κ1) is 31.6. The van der Waals surface area contributed by atoms with Crippen molar-refractivity contribution in [2.45, 2.75) is 49.5 Å². The van der Waals surface area contributed by atoms with Crippen LogP contribution in [0.4, 0.5) is 33.7 Å². The van der Waals surface area contributed by atoms with Gasteiger partial charge in [0.05, 0.1) is 23.7 Å². The Morgan fingerprint density at radius 1 is 1.05 bits per heavy atom. The van der Waals surface area contributed by atoms with Crippen molar-refractivity contribution >= 4 is 33.4 Å². The number of sulfonamides is 1. The first-order valence-electron chi connectivity index (χ1n) is 13.0. The lowest BCUT2D eigenvalue weighted by Crippen LogP contribution is -2.48. The van der Waals surface area contributed by atoms with Crippen LogP contribution in [0, 0.1) is 5.82 Å². The number of rotatable bonds is 8. The van der Waals surface area contributed by atoms with Gasteiger partial charge >= 0.3 is 12.3 Å². The highest BCUT2D eigenvalue weighted by Gasteiger charge is 2.53. The molecule has 0 radical (unpaired) electrons. The molecule has 2 N–H and O–H groups in total. The standard InChI is InChI=1S/C29H29F4N3O6S/c1-18(37)34-16-22-17-36(43(39,40)23-12-9-20(30)10-13-23)24-15-21(11-14-25(24)41-22)35-27(38)42-26(29(31,32)33)28(2,3)19-7-5-4-6-8-19/h4-15,22,26H,16-17H2,1-3H3,(H,34,37)(H,35,38). The van der Waals surface area contributed by atoms with E-state index in [0.29, 0.717) is 5.56 Å². The lowest BCUT2D eigenvalue weighted by Gasteiger charge is -2.36. The van der Waals surface area contributed by atoms with Crippen LogP contribution in [0.15, 0.2) is 77.7 Å². The first-order valence-corrected chi connectivity index (χ1v) is 14.5. The molecule has 9 nitrogen and oxygen atoms in total. The summed E-state index contributed by atoms with van der Waals surface area (Å²) in [5.41, 5.74) is -1.47. The SMILES string of the molecule is CC(=O)NCC1CN(S(=O)(=O)c2ccc(F)cc2)c2cc(NC(=O)OC(C(F)(F)F)C(C)(C)c3ccccc3)ccc2O1. The summed E-state index contributed by atoms with van der Waals surface area (Å²) in [5, 5.41) is 4.80. The molecule has 0 aliphatic carbocycles. The third-order valence-electron chi connectivity index (χ3n) is 6.81. The average Bonchev–Trinajstić information content (AvgIpc) is 2.94. The third kappa shape index (κ3) is 7.19. The number of carbonyl (C=O) groups is 2. The van der Waals surface area contributed by atoms with Crippen molar-refractivity contribution < 1.29 is 45.0 Å². The van der Waals surface area contributed by atoms with Gasteiger partial charge in [-0.1, -0.05) is 44.2 Å². The van der Waals surface area contributed by atoms with Gasteiger partial charge in [0.1, 0.15) is 17.7 Å². The van der Waals surface area contributed by atoms with Crippen LogP contribution in [0.5, 0.6) is 5.75 Å². The van der Waals surface area contributed by atoms with E-state index in [4.69, 9.17) is 9.47 Å². The number of hydrogen-bond donors (Lipinski definition) is 2. The third-order valence-corrected chi connectivity index (χ3v) is 8.61. The Labute approximate surface area is 245 Å². The van der Waals surface area contributed by atoms with Crippen LogP contribution < -0.4 is 19.7 Å². The Hall–Kier alpha value is -4.33.